The number of ether oxygens (including phenoxy) is 1. The van der Waals surface area contributed by atoms with Crippen molar-refractivity contribution in [1.29, 1.82) is 0 Å². The van der Waals surface area contributed by atoms with Crippen molar-refractivity contribution < 1.29 is 14.6 Å². The molecular weight excluding hydrogens is 170 g/mol. The van der Waals surface area contributed by atoms with Gasteiger partial charge in [-0.2, -0.15) is 0 Å². The standard InChI is InChI=1S/C9H17NO3/c1-2-9(12)10-8-13-7-5-3-4-6-11/h2,11H,1,3-8H2,(H,10,12). The molecule has 0 rings (SSSR count). The molecule has 0 aliphatic carbocycles. The maximum atomic E-state index is 10.6. The first-order valence-corrected chi connectivity index (χ1v) is 4.40. The van der Waals surface area contributed by atoms with Crippen LogP contribution in [-0.4, -0.2) is 31.0 Å². The van der Waals surface area contributed by atoms with Gasteiger partial charge in [-0.1, -0.05) is 6.58 Å². The average Bonchev–Trinajstić information content (AvgIpc) is 2.16. The number of rotatable bonds is 8. The van der Waals surface area contributed by atoms with Crippen molar-refractivity contribution in [2.24, 2.45) is 0 Å². The fraction of sp³-hybridized carbons (Fsp3) is 0.667. The van der Waals surface area contributed by atoms with E-state index in [9.17, 15) is 4.79 Å². The molecule has 0 saturated carbocycles. The predicted molar refractivity (Wildman–Crippen MR) is 50.1 cm³/mol. The minimum absolute atomic E-state index is 0.226. The molecule has 0 aromatic carbocycles. The zero-order valence-electron chi connectivity index (χ0n) is 7.79. The van der Waals surface area contributed by atoms with E-state index in [1.165, 1.54) is 6.08 Å². The van der Waals surface area contributed by atoms with Crippen molar-refractivity contribution >= 4 is 5.91 Å². The highest BCUT2D eigenvalue weighted by Crippen LogP contribution is 1.93. The molecular formula is C9H17NO3. The number of carbonyl (C=O) groups excluding carboxylic acids is 1. The quantitative estimate of drug-likeness (QED) is 0.329. The predicted octanol–water partition coefficient (Wildman–Crippen LogP) is 0.425. The normalized spacial score (nSPS) is 9.62. The van der Waals surface area contributed by atoms with Gasteiger partial charge in [0.25, 0.3) is 0 Å². The number of amides is 1. The van der Waals surface area contributed by atoms with Crippen LogP contribution < -0.4 is 5.32 Å². The Balaban J connectivity index is 2.99. The summed E-state index contributed by atoms with van der Waals surface area (Å²) in [6.45, 7) is 4.37. The molecule has 2 N–H and O–H groups in total. The molecule has 0 aromatic rings. The van der Waals surface area contributed by atoms with E-state index < -0.39 is 0 Å². The summed E-state index contributed by atoms with van der Waals surface area (Å²) in [5.41, 5.74) is 0. The van der Waals surface area contributed by atoms with Crippen LogP contribution in [0.15, 0.2) is 12.7 Å². The van der Waals surface area contributed by atoms with E-state index in [1.807, 2.05) is 0 Å². The van der Waals surface area contributed by atoms with E-state index in [-0.39, 0.29) is 19.2 Å². The van der Waals surface area contributed by atoms with Crippen molar-refractivity contribution in [3.05, 3.63) is 12.7 Å². The van der Waals surface area contributed by atoms with Crippen LogP contribution in [0.25, 0.3) is 0 Å². The molecule has 4 heteroatoms. The van der Waals surface area contributed by atoms with Crippen LogP contribution in [0.4, 0.5) is 0 Å². The summed E-state index contributed by atoms with van der Waals surface area (Å²) in [5.74, 6) is -0.227. The van der Waals surface area contributed by atoms with E-state index in [4.69, 9.17) is 9.84 Å². The number of unbranched alkanes of at least 4 members (excludes halogenated alkanes) is 2. The molecule has 0 aliphatic rings. The SMILES string of the molecule is C=CC(=O)NCOCCCCCO. The average molecular weight is 187 g/mol. The highest BCUT2D eigenvalue weighted by Gasteiger charge is 1.92. The largest absolute Gasteiger partial charge is 0.396 e. The molecule has 13 heavy (non-hydrogen) atoms. The summed E-state index contributed by atoms with van der Waals surface area (Å²) in [6.07, 6.45) is 3.87. The molecule has 0 aromatic heterocycles. The lowest BCUT2D eigenvalue weighted by Gasteiger charge is -2.03. The summed E-state index contributed by atoms with van der Waals surface area (Å²) in [6, 6.07) is 0. The second kappa shape index (κ2) is 9.22. The van der Waals surface area contributed by atoms with Crippen molar-refractivity contribution in [1.82, 2.24) is 5.32 Å². The van der Waals surface area contributed by atoms with Crippen molar-refractivity contribution in [3.63, 3.8) is 0 Å². The van der Waals surface area contributed by atoms with Gasteiger partial charge in [-0.15, -0.1) is 0 Å². The third kappa shape index (κ3) is 9.04. The summed E-state index contributed by atoms with van der Waals surface area (Å²) in [7, 11) is 0. The van der Waals surface area contributed by atoms with Gasteiger partial charge in [0.05, 0.1) is 0 Å². The molecule has 0 saturated heterocycles. The van der Waals surface area contributed by atoms with Gasteiger partial charge in [0.15, 0.2) is 0 Å². The zero-order chi connectivity index (χ0) is 9.94. The number of carbonyl (C=O) groups is 1. The lowest BCUT2D eigenvalue weighted by atomic mass is 10.2. The van der Waals surface area contributed by atoms with Crippen molar-refractivity contribution in [2.75, 3.05) is 19.9 Å². The van der Waals surface area contributed by atoms with E-state index in [2.05, 4.69) is 11.9 Å². The van der Waals surface area contributed by atoms with E-state index >= 15 is 0 Å². The van der Waals surface area contributed by atoms with Crippen LogP contribution in [0.3, 0.4) is 0 Å². The topological polar surface area (TPSA) is 58.6 Å². The molecule has 1 amide bonds. The van der Waals surface area contributed by atoms with Crippen molar-refractivity contribution in [2.45, 2.75) is 19.3 Å². The molecule has 4 nitrogen and oxygen atoms in total. The molecule has 0 fully saturated rings. The van der Waals surface area contributed by atoms with Gasteiger partial charge in [0.2, 0.25) is 5.91 Å². The maximum Gasteiger partial charge on any atom is 0.245 e. The van der Waals surface area contributed by atoms with Gasteiger partial charge in [-0.05, 0) is 25.3 Å². The molecule has 0 bridgehead atoms. The lowest BCUT2D eigenvalue weighted by Crippen LogP contribution is -2.24. The molecule has 0 unspecified atom stereocenters. The van der Waals surface area contributed by atoms with E-state index in [0.29, 0.717) is 6.61 Å². The first-order chi connectivity index (χ1) is 6.31. The Hall–Kier alpha value is -0.870. The summed E-state index contributed by atoms with van der Waals surface area (Å²) >= 11 is 0. The Bertz CT molecular complexity index is 148. The summed E-state index contributed by atoms with van der Waals surface area (Å²) < 4.78 is 5.09. The Morgan fingerprint density at radius 1 is 1.46 bits per heavy atom. The van der Waals surface area contributed by atoms with E-state index in [1.54, 1.807) is 0 Å². The van der Waals surface area contributed by atoms with Gasteiger partial charge in [0.1, 0.15) is 6.73 Å². The third-order valence-electron chi connectivity index (χ3n) is 1.48. The van der Waals surface area contributed by atoms with Crippen LogP contribution in [-0.2, 0) is 9.53 Å². The highest BCUT2D eigenvalue weighted by atomic mass is 16.5. The Kier molecular flexibility index (Phi) is 8.60. The number of aliphatic hydroxyl groups excluding tert-OH is 1. The minimum atomic E-state index is -0.227. The molecule has 76 valence electrons. The van der Waals surface area contributed by atoms with Gasteiger partial charge < -0.3 is 15.2 Å². The third-order valence-corrected chi connectivity index (χ3v) is 1.48. The lowest BCUT2D eigenvalue weighted by molar-refractivity contribution is -0.118. The van der Waals surface area contributed by atoms with Gasteiger partial charge in [-0.3, -0.25) is 4.79 Å². The van der Waals surface area contributed by atoms with E-state index in [0.717, 1.165) is 19.3 Å². The first kappa shape index (κ1) is 12.1. The molecule has 0 heterocycles. The Morgan fingerprint density at radius 3 is 2.85 bits per heavy atom. The van der Waals surface area contributed by atoms with Crippen molar-refractivity contribution in [3.8, 4) is 0 Å². The molecule has 0 spiro atoms. The fourth-order valence-electron chi connectivity index (χ4n) is 0.759. The number of aliphatic hydroxyl groups is 1. The van der Waals surface area contributed by atoms with Crippen LogP contribution >= 0.6 is 0 Å². The smallest absolute Gasteiger partial charge is 0.245 e. The molecule has 0 radical (unpaired) electrons. The highest BCUT2D eigenvalue weighted by molar-refractivity contribution is 5.86. The van der Waals surface area contributed by atoms with Crippen LogP contribution in [0, 0.1) is 0 Å². The molecule has 0 atom stereocenters. The van der Waals surface area contributed by atoms with Crippen LogP contribution in [0.1, 0.15) is 19.3 Å². The summed E-state index contributed by atoms with van der Waals surface area (Å²) in [4.78, 5) is 10.6. The number of nitrogens with one attached hydrogen (secondary N) is 1. The Labute approximate surface area is 78.6 Å². The van der Waals surface area contributed by atoms with Crippen LogP contribution in [0.5, 0.6) is 0 Å². The zero-order valence-corrected chi connectivity index (χ0v) is 7.79. The number of hydrogen-bond acceptors (Lipinski definition) is 3. The minimum Gasteiger partial charge on any atom is -0.396 e. The molecule has 0 aliphatic heterocycles. The first-order valence-electron chi connectivity index (χ1n) is 4.40. The maximum absolute atomic E-state index is 10.6. The second-order valence-electron chi connectivity index (χ2n) is 2.58. The van der Waals surface area contributed by atoms with Gasteiger partial charge in [0, 0.05) is 13.2 Å². The Morgan fingerprint density at radius 2 is 2.23 bits per heavy atom. The second-order valence-corrected chi connectivity index (χ2v) is 2.58. The van der Waals surface area contributed by atoms with Gasteiger partial charge >= 0.3 is 0 Å². The summed E-state index contributed by atoms with van der Waals surface area (Å²) in [5, 5.41) is 11.0. The van der Waals surface area contributed by atoms with Crippen LogP contribution in [0.2, 0.25) is 0 Å². The monoisotopic (exact) mass is 187 g/mol. The fourth-order valence-corrected chi connectivity index (χ4v) is 0.759. The van der Waals surface area contributed by atoms with Gasteiger partial charge in [-0.25, -0.2) is 0 Å². The number of hydrogen-bond donors (Lipinski definition) is 2.